The van der Waals surface area contributed by atoms with Gasteiger partial charge in [0.15, 0.2) is 0 Å². The van der Waals surface area contributed by atoms with E-state index in [1.165, 1.54) is 4.90 Å². The highest BCUT2D eigenvalue weighted by molar-refractivity contribution is 7.98. The number of carbonyl (C=O) groups is 2. The van der Waals surface area contributed by atoms with Crippen LogP contribution >= 0.6 is 11.8 Å². The average molecular weight is 438 g/mol. The molecule has 6 nitrogen and oxygen atoms in total. The van der Waals surface area contributed by atoms with Crippen LogP contribution in [-0.2, 0) is 10.5 Å². The van der Waals surface area contributed by atoms with Crippen LogP contribution in [0, 0.1) is 27.7 Å². The molecular weight excluding hydrogens is 410 g/mol. The van der Waals surface area contributed by atoms with Gasteiger partial charge in [-0.05, 0) is 51.0 Å². The molecule has 0 unspecified atom stereocenters. The SMILES string of the molecule is Cc1cccc(C)c1NC(=O)CN(C)C(=O)c1ccccc1SCc1c(C)noc1C. The molecule has 0 aliphatic heterocycles. The Morgan fingerprint density at radius 3 is 2.35 bits per heavy atom. The molecule has 1 N–H and O–H groups in total. The minimum absolute atomic E-state index is 0.0323. The van der Waals surface area contributed by atoms with Gasteiger partial charge in [0, 0.05) is 28.9 Å². The van der Waals surface area contributed by atoms with Gasteiger partial charge < -0.3 is 14.7 Å². The van der Waals surface area contributed by atoms with Crippen LogP contribution in [0.15, 0.2) is 51.9 Å². The molecule has 3 aromatic rings. The molecule has 0 bridgehead atoms. The lowest BCUT2D eigenvalue weighted by molar-refractivity contribution is -0.116. The Bertz CT molecular complexity index is 1070. The number of thioether (sulfide) groups is 1. The first-order valence-corrected chi connectivity index (χ1v) is 11.0. The zero-order chi connectivity index (χ0) is 22.5. The summed E-state index contributed by atoms with van der Waals surface area (Å²) in [6.45, 7) is 7.66. The van der Waals surface area contributed by atoms with Gasteiger partial charge in [0.05, 0.1) is 17.8 Å². The van der Waals surface area contributed by atoms with E-state index in [1.54, 1.807) is 24.9 Å². The number of hydrogen-bond acceptors (Lipinski definition) is 5. The second kappa shape index (κ2) is 9.83. The van der Waals surface area contributed by atoms with E-state index in [9.17, 15) is 9.59 Å². The summed E-state index contributed by atoms with van der Waals surface area (Å²) >= 11 is 1.56. The molecule has 0 fully saturated rings. The number of amides is 2. The highest BCUT2D eigenvalue weighted by Gasteiger charge is 2.19. The van der Waals surface area contributed by atoms with Gasteiger partial charge in [0.25, 0.3) is 5.91 Å². The largest absolute Gasteiger partial charge is 0.361 e. The fourth-order valence-corrected chi connectivity index (χ4v) is 4.51. The molecule has 0 saturated heterocycles. The summed E-state index contributed by atoms with van der Waals surface area (Å²) in [5.41, 5.74) is 5.24. The van der Waals surface area contributed by atoms with Crippen molar-refractivity contribution < 1.29 is 14.1 Å². The van der Waals surface area contributed by atoms with Crippen molar-refractivity contribution in [2.75, 3.05) is 18.9 Å². The highest BCUT2D eigenvalue weighted by Crippen LogP contribution is 2.29. The van der Waals surface area contributed by atoms with Crippen molar-refractivity contribution >= 4 is 29.3 Å². The fraction of sp³-hybridized carbons (Fsp3) is 0.292. The summed E-state index contributed by atoms with van der Waals surface area (Å²) in [5, 5.41) is 6.92. The van der Waals surface area contributed by atoms with Crippen LogP contribution in [-0.4, -0.2) is 35.5 Å². The lowest BCUT2D eigenvalue weighted by Gasteiger charge is -2.19. The molecule has 7 heteroatoms. The number of aromatic nitrogens is 1. The molecule has 2 aromatic carbocycles. The van der Waals surface area contributed by atoms with E-state index < -0.39 is 0 Å². The Labute approximate surface area is 187 Å². The number of likely N-dealkylation sites (N-methyl/N-ethyl adjacent to an activating group) is 1. The smallest absolute Gasteiger partial charge is 0.255 e. The van der Waals surface area contributed by atoms with Gasteiger partial charge in [-0.3, -0.25) is 9.59 Å². The Morgan fingerprint density at radius 1 is 1.03 bits per heavy atom. The maximum absolute atomic E-state index is 13.1. The quantitative estimate of drug-likeness (QED) is 0.532. The van der Waals surface area contributed by atoms with Crippen molar-refractivity contribution in [3.05, 3.63) is 76.2 Å². The van der Waals surface area contributed by atoms with Crippen molar-refractivity contribution in [3.63, 3.8) is 0 Å². The van der Waals surface area contributed by atoms with Gasteiger partial charge in [-0.2, -0.15) is 0 Å². The summed E-state index contributed by atoms with van der Waals surface area (Å²) in [6, 6.07) is 13.3. The molecule has 0 aliphatic rings. The van der Waals surface area contributed by atoms with E-state index in [-0.39, 0.29) is 18.4 Å². The summed E-state index contributed by atoms with van der Waals surface area (Å²) in [6.07, 6.45) is 0. The second-order valence-electron chi connectivity index (χ2n) is 7.56. The number of para-hydroxylation sites is 1. The van der Waals surface area contributed by atoms with Crippen LogP contribution in [0.2, 0.25) is 0 Å². The lowest BCUT2D eigenvalue weighted by Crippen LogP contribution is -2.35. The predicted octanol–water partition coefficient (Wildman–Crippen LogP) is 4.91. The molecule has 162 valence electrons. The molecule has 0 spiro atoms. The molecule has 2 amide bonds. The zero-order valence-electron chi connectivity index (χ0n) is 18.5. The molecule has 0 radical (unpaired) electrons. The van der Waals surface area contributed by atoms with E-state index in [1.807, 2.05) is 64.1 Å². The first kappa shape index (κ1) is 22.6. The van der Waals surface area contributed by atoms with Crippen molar-refractivity contribution in [3.8, 4) is 0 Å². The monoisotopic (exact) mass is 437 g/mol. The first-order chi connectivity index (χ1) is 14.8. The number of nitrogens with zero attached hydrogens (tertiary/aromatic N) is 2. The standard InChI is InChI=1S/C24H27N3O3S/c1-15-9-8-10-16(2)23(15)25-22(28)13-27(5)24(29)19-11-6-7-12-21(19)31-14-20-17(3)26-30-18(20)4/h6-12H,13-14H2,1-5H3,(H,25,28). The summed E-state index contributed by atoms with van der Waals surface area (Å²) < 4.78 is 5.23. The molecule has 3 rings (SSSR count). The minimum atomic E-state index is -0.228. The Morgan fingerprint density at radius 2 is 1.71 bits per heavy atom. The van der Waals surface area contributed by atoms with E-state index in [0.717, 1.165) is 38.7 Å². The third-order valence-electron chi connectivity index (χ3n) is 5.14. The normalized spacial score (nSPS) is 10.7. The topological polar surface area (TPSA) is 75.4 Å². The van der Waals surface area contributed by atoms with E-state index in [0.29, 0.717) is 11.3 Å². The number of nitrogens with one attached hydrogen (secondary N) is 1. The number of benzene rings is 2. The number of hydrogen-bond donors (Lipinski definition) is 1. The first-order valence-electron chi connectivity index (χ1n) is 10.0. The van der Waals surface area contributed by atoms with E-state index in [2.05, 4.69) is 10.5 Å². The van der Waals surface area contributed by atoms with Gasteiger partial charge in [0.1, 0.15) is 5.76 Å². The summed E-state index contributed by atoms with van der Waals surface area (Å²) in [5.74, 6) is 1.02. The molecule has 0 atom stereocenters. The molecule has 0 aliphatic carbocycles. The molecule has 1 aromatic heterocycles. The van der Waals surface area contributed by atoms with Crippen LogP contribution in [0.3, 0.4) is 0 Å². The van der Waals surface area contributed by atoms with Crippen LogP contribution < -0.4 is 5.32 Å². The van der Waals surface area contributed by atoms with Crippen molar-refractivity contribution in [1.29, 1.82) is 0 Å². The van der Waals surface area contributed by atoms with Gasteiger partial charge in [-0.15, -0.1) is 11.8 Å². The zero-order valence-corrected chi connectivity index (χ0v) is 19.3. The van der Waals surface area contributed by atoms with Gasteiger partial charge in [-0.25, -0.2) is 0 Å². The molecule has 0 saturated carbocycles. The molecular formula is C24H27N3O3S. The van der Waals surface area contributed by atoms with Gasteiger partial charge in [0.2, 0.25) is 5.91 Å². The maximum atomic E-state index is 13.1. The minimum Gasteiger partial charge on any atom is -0.361 e. The predicted molar refractivity (Wildman–Crippen MR) is 123 cm³/mol. The fourth-order valence-electron chi connectivity index (χ4n) is 3.31. The molecule has 1 heterocycles. The Hall–Kier alpha value is -3.06. The van der Waals surface area contributed by atoms with E-state index in [4.69, 9.17) is 4.52 Å². The second-order valence-corrected chi connectivity index (χ2v) is 8.58. The number of carbonyl (C=O) groups excluding carboxylic acids is 2. The highest BCUT2D eigenvalue weighted by atomic mass is 32.2. The summed E-state index contributed by atoms with van der Waals surface area (Å²) in [7, 11) is 1.64. The average Bonchev–Trinajstić information content (AvgIpc) is 3.06. The maximum Gasteiger partial charge on any atom is 0.255 e. The Kier molecular flexibility index (Phi) is 7.17. The Balaban J connectivity index is 1.68. The number of rotatable bonds is 7. The van der Waals surface area contributed by atoms with Crippen molar-refractivity contribution in [2.45, 2.75) is 38.3 Å². The number of anilines is 1. The van der Waals surface area contributed by atoms with E-state index >= 15 is 0 Å². The van der Waals surface area contributed by atoms with Crippen LogP contribution in [0.1, 0.15) is 38.5 Å². The van der Waals surface area contributed by atoms with Crippen molar-refractivity contribution in [1.82, 2.24) is 10.1 Å². The molecule has 31 heavy (non-hydrogen) atoms. The van der Waals surface area contributed by atoms with Crippen LogP contribution in [0.5, 0.6) is 0 Å². The third-order valence-corrected chi connectivity index (χ3v) is 6.24. The van der Waals surface area contributed by atoms with Gasteiger partial charge in [-0.1, -0.05) is 35.5 Å². The number of aryl methyl sites for hydroxylation is 4. The lowest BCUT2D eigenvalue weighted by atomic mass is 10.1. The van der Waals surface area contributed by atoms with Crippen LogP contribution in [0.4, 0.5) is 5.69 Å². The third kappa shape index (κ3) is 5.35. The van der Waals surface area contributed by atoms with Crippen LogP contribution in [0.25, 0.3) is 0 Å². The summed E-state index contributed by atoms with van der Waals surface area (Å²) in [4.78, 5) is 28.0. The van der Waals surface area contributed by atoms with Crippen molar-refractivity contribution in [2.24, 2.45) is 0 Å². The van der Waals surface area contributed by atoms with Gasteiger partial charge >= 0.3 is 0 Å².